The zero-order chi connectivity index (χ0) is 18.4. The molecular formula is C19H31AuCl2OPSe+. The number of unbranched alkanes of at least 4 members (excludes halogenated alkanes) is 3. The number of benzene rings is 1. The van der Waals surface area contributed by atoms with Crippen LogP contribution in [0.25, 0.3) is 0 Å². The molecule has 0 aliphatic carbocycles. The molecule has 148 valence electrons. The Hall–Kier alpha value is 1.16. The molecule has 0 aliphatic rings. The van der Waals surface area contributed by atoms with Gasteiger partial charge in [-0.3, -0.25) is 0 Å². The number of hydrogen-bond acceptors (Lipinski definition) is 1. The Kier molecular flexibility index (Phi) is 21.0. The van der Waals surface area contributed by atoms with Crippen molar-refractivity contribution in [2.45, 2.75) is 59.3 Å². The minimum Gasteiger partial charge on any atom is 0 e. The van der Waals surface area contributed by atoms with Crippen LogP contribution < -0.4 is 0 Å². The first-order valence-electron chi connectivity index (χ1n) is 8.95. The summed E-state index contributed by atoms with van der Waals surface area (Å²) >= 11 is 13.6. The topological polar surface area (TPSA) is 17.1 Å². The van der Waals surface area contributed by atoms with E-state index in [1.807, 2.05) is 0 Å². The number of carbonyl (C=O) groups excluding carboxylic acids is 1. The Balaban J connectivity index is 0. The Morgan fingerprint density at radius 2 is 1.24 bits per heavy atom. The average molecular weight is 653 g/mol. The molecule has 2 radical (unpaired) electrons. The van der Waals surface area contributed by atoms with Crippen molar-refractivity contribution in [2.24, 2.45) is 0 Å². The molecule has 0 saturated heterocycles. The third-order valence-corrected chi connectivity index (χ3v) is 7.86. The summed E-state index contributed by atoms with van der Waals surface area (Å²) in [5.74, 6) is 0. The summed E-state index contributed by atoms with van der Waals surface area (Å²) in [6, 6.07) is 4.70. The van der Waals surface area contributed by atoms with Crippen LogP contribution in [0.15, 0.2) is 18.2 Å². The Bertz CT molecular complexity index is 435. The quantitative estimate of drug-likeness (QED) is 0.199. The fraction of sp³-hybridized carbons (Fsp3) is 0.632. The average Bonchev–Trinajstić information content (AvgIpc) is 2.54. The van der Waals surface area contributed by atoms with Gasteiger partial charge in [-0.05, 0) is 19.3 Å². The van der Waals surface area contributed by atoms with Crippen molar-refractivity contribution >= 4 is 51.8 Å². The molecule has 1 aromatic carbocycles. The van der Waals surface area contributed by atoms with Gasteiger partial charge in [-0.25, -0.2) is 0 Å². The zero-order valence-electron chi connectivity index (χ0n) is 15.5. The van der Waals surface area contributed by atoms with Crippen molar-refractivity contribution in [3.8, 4) is 0 Å². The molecule has 0 aromatic heterocycles. The molecule has 25 heavy (non-hydrogen) atoms. The van der Waals surface area contributed by atoms with Crippen molar-refractivity contribution in [2.75, 3.05) is 18.5 Å². The molecular weight excluding hydrogens is 622 g/mol. The molecule has 1 nitrogen and oxygen atoms in total. The van der Waals surface area contributed by atoms with E-state index < -0.39 is 0 Å². The van der Waals surface area contributed by atoms with E-state index in [-0.39, 0.29) is 35.0 Å². The fourth-order valence-electron chi connectivity index (χ4n) is 2.33. The summed E-state index contributed by atoms with van der Waals surface area (Å²) in [4.78, 5) is 10.8. The molecule has 0 saturated carbocycles. The van der Waals surface area contributed by atoms with Gasteiger partial charge >= 0.3 is 82.5 Å². The van der Waals surface area contributed by atoms with E-state index in [2.05, 4.69) is 36.8 Å². The van der Waals surface area contributed by atoms with Crippen LogP contribution in [-0.2, 0) is 22.4 Å². The van der Waals surface area contributed by atoms with Crippen LogP contribution in [-0.4, -0.2) is 39.2 Å². The zero-order valence-corrected chi connectivity index (χ0v) is 21.9. The van der Waals surface area contributed by atoms with Crippen molar-refractivity contribution in [1.29, 1.82) is 0 Å². The summed E-state index contributed by atoms with van der Waals surface area (Å²) < 4.78 is -0.158. The Labute approximate surface area is 189 Å². The predicted octanol–water partition coefficient (Wildman–Crippen LogP) is 6.90. The van der Waals surface area contributed by atoms with Crippen molar-refractivity contribution < 1.29 is 27.2 Å². The molecule has 0 aliphatic heterocycles. The normalized spacial score (nSPS) is 10.0. The van der Waals surface area contributed by atoms with Crippen LogP contribution in [0.4, 0.5) is 0 Å². The predicted molar refractivity (Wildman–Crippen MR) is 114 cm³/mol. The molecule has 0 heterocycles. The van der Waals surface area contributed by atoms with E-state index in [0.717, 1.165) is 0 Å². The van der Waals surface area contributed by atoms with Gasteiger partial charge in [0.05, 0.1) is 18.5 Å². The molecule has 0 amide bonds. The van der Waals surface area contributed by atoms with Crippen molar-refractivity contribution in [3.63, 3.8) is 0 Å². The van der Waals surface area contributed by atoms with Gasteiger partial charge in [-0.15, -0.1) is 0 Å². The van der Waals surface area contributed by atoms with E-state index in [1.165, 1.54) is 38.5 Å². The van der Waals surface area contributed by atoms with Gasteiger partial charge in [0.2, 0.25) is 0 Å². The molecule has 1 rings (SSSR count). The van der Waals surface area contributed by atoms with Gasteiger partial charge in [0.15, 0.2) is 0 Å². The van der Waals surface area contributed by atoms with E-state index in [1.54, 1.807) is 36.7 Å². The molecule has 0 fully saturated rings. The van der Waals surface area contributed by atoms with Crippen LogP contribution in [0.2, 0.25) is 10.0 Å². The molecule has 0 N–H and O–H groups in total. The standard InChI is InChI=1S/C12H27P.C7H3Cl2OSe.Au/c1-4-7-10-13(11-8-5-2)12-9-6-3;8-5-1-4(7(10)11)2-6(9)3-5;/h4-12H2,1-3H3;1-3H;/p+1. The Morgan fingerprint density at radius 3 is 1.52 bits per heavy atom. The second-order valence-electron chi connectivity index (χ2n) is 6.01. The maximum atomic E-state index is 10.8. The van der Waals surface area contributed by atoms with E-state index in [4.69, 9.17) is 23.2 Å². The van der Waals surface area contributed by atoms with E-state index in [9.17, 15) is 4.79 Å². The third kappa shape index (κ3) is 15.9. The van der Waals surface area contributed by atoms with Gasteiger partial charge in [0.25, 0.3) is 0 Å². The van der Waals surface area contributed by atoms with Crippen LogP contribution in [0, 0.1) is 0 Å². The molecule has 0 unspecified atom stereocenters. The fourth-order valence-corrected chi connectivity index (χ4v) is 6.41. The minimum absolute atomic E-state index is 0. The van der Waals surface area contributed by atoms with Crippen molar-refractivity contribution in [3.05, 3.63) is 33.8 Å². The number of rotatable bonds is 10. The summed E-state index contributed by atoms with van der Waals surface area (Å²) in [5, 5.41) is 0.937. The van der Waals surface area contributed by atoms with Gasteiger partial charge in [0, 0.05) is 30.3 Å². The van der Waals surface area contributed by atoms with E-state index in [0.29, 0.717) is 15.6 Å². The molecule has 1 aromatic rings. The molecule has 6 heteroatoms. The molecule has 0 atom stereocenters. The second kappa shape index (κ2) is 18.5. The first-order valence-corrected chi connectivity index (χ1v) is 12.7. The van der Waals surface area contributed by atoms with Gasteiger partial charge < -0.3 is 0 Å². The van der Waals surface area contributed by atoms with Crippen LogP contribution >= 0.6 is 31.1 Å². The van der Waals surface area contributed by atoms with Gasteiger partial charge in [0.1, 0.15) is 0 Å². The number of carbonyl (C=O) groups is 1. The Morgan fingerprint density at radius 1 is 0.880 bits per heavy atom. The summed E-state index contributed by atoms with van der Waals surface area (Å²) in [6.45, 7) is 6.96. The molecule has 0 spiro atoms. The maximum Gasteiger partial charge on any atom is 0 e. The first-order chi connectivity index (χ1) is 11.4. The summed E-state index contributed by atoms with van der Waals surface area (Å²) in [7, 11) is 0.0675. The maximum absolute atomic E-state index is 10.8. The van der Waals surface area contributed by atoms with Crippen LogP contribution in [0.1, 0.15) is 69.7 Å². The number of hydrogen-bond donors (Lipinski definition) is 0. The van der Waals surface area contributed by atoms with E-state index >= 15 is 0 Å². The number of halogens is 2. The second-order valence-corrected chi connectivity index (χ2v) is 10.7. The summed E-state index contributed by atoms with van der Waals surface area (Å²) in [6.07, 6.45) is 13.4. The third-order valence-electron chi connectivity index (χ3n) is 3.75. The first kappa shape index (κ1) is 28.4. The van der Waals surface area contributed by atoms with Crippen LogP contribution in [0.3, 0.4) is 0 Å². The minimum atomic E-state index is -0.158. The van der Waals surface area contributed by atoms with Crippen molar-refractivity contribution in [1.82, 2.24) is 0 Å². The summed E-state index contributed by atoms with van der Waals surface area (Å²) in [5.41, 5.74) is 0.488. The SMILES string of the molecule is CCCC[PH+](CCCC)CCCC.O=C([Se])c1cc(Cl)cc(Cl)c1.[Au]. The van der Waals surface area contributed by atoms with Gasteiger partial charge in [-0.2, -0.15) is 0 Å². The van der Waals surface area contributed by atoms with Crippen LogP contribution in [0.5, 0.6) is 0 Å². The van der Waals surface area contributed by atoms with Gasteiger partial charge in [-0.1, -0.05) is 40.0 Å². The monoisotopic (exact) mass is 653 g/mol. The smallest absolute Gasteiger partial charge is 0 e. The molecule has 0 bridgehead atoms. The largest absolute Gasteiger partial charge is 0 e.